The van der Waals surface area contributed by atoms with Gasteiger partial charge in [0.1, 0.15) is 13.1 Å². The van der Waals surface area contributed by atoms with E-state index < -0.39 is 0 Å². The molecule has 3 heteroatoms. The Balaban J connectivity index is 1.88. The number of rotatable bonds is 21. The maximum atomic E-state index is 9.39. The highest BCUT2D eigenvalue weighted by Gasteiger charge is 2.35. The Morgan fingerprint density at radius 2 is 1.30 bits per heavy atom. The summed E-state index contributed by atoms with van der Waals surface area (Å²) in [5.74, 6) is 1.33. The van der Waals surface area contributed by atoms with E-state index in [1.165, 1.54) is 109 Å². The second-order valence-electron chi connectivity index (χ2n) is 9.33. The number of aliphatic imine (C=N–C) groups is 1. The summed E-state index contributed by atoms with van der Waals surface area (Å²) in [5, 5.41) is 9.39. The van der Waals surface area contributed by atoms with Crippen molar-refractivity contribution in [1.29, 1.82) is 0 Å². The molecule has 0 bridgehead atoms. The summed E-state index contributed by atoms with van der Waals surface area (Å²) in [6.07, 6.45) is 28.1. The second-order valence-corrected chi connectivity index (χ2v) is 9.33. The summed E-state index contributed by atoms with van der Waals surface area (Å²) in [6.45, 7) is 8.72. The molecule has 1 N–H and O–H groups in total. The molecule has 0 aromatic rings. The van der Waals surface area contributed by atoms with Crippen LogP contribution in [0.5, 0.6) is 0 Å². The molecule has 1 heterocycles. The van der Waals surface area contributed by atoms with Gasteiger partial charge in [-0.1, -0.05) is 96.1 Å². The van der Waals surface area contributed by atoms with Gasteiger partial charge in [-0.05, 0) is 32.6 Å². The van der Waals surface area contributed by atoms with E-state index in [-0.39, 0.29) is 6.61 Å². The highest BCUT2D eigenvalue weighted by molar-refractivity contribution is 5.76. The Morgan fingerprint density at radius 3 is 1.83 bits per heavy atom. The average Bonchev–Trinajstić information content (AvgIpc) is 3.16. The Hall–Kier alpha value is -0.670. The normalized spacial score (nSPS) is 19.1. The van der Waals surface area contributed by atoms with E-state index in [0.29, 0.717) is 0 Å². The first-order chi connectivity index (χ1) is 14.8. The van der Waals surface area contributed by atoms with Crippen molar-refractivity contribution in [2.24, 2.45) is 4.99 Å². The molecule has 30 heavy (non-hydrogen) atoms. The zero-order valence-corrected chi connectivity index (χ0v) is 20.6. The minimum atomic E-state index is 0.270. The first-order valence-corrected chi connectivity index (χ1v) is 13.4. The van der Waals surface area contributed by atoms with E-state index in [9.17, 15) is 5.11 Å². The van der Waals surface area contributed by atoms with Crippen LogP contribution in [0.1, 0.15) is 123 Å². The van der Waals surface area contributed by atoms with Crippen LogP contribution in [0, 0.1) is 0 Å². The lowest BCUT2D eigenvalue weighted by Crippen LogP contribution is -2.52. The average molecular weight is 422 g/mol. The van der Waals surface area contributed by atoms with Gasteiger partial charge in [-0.25, -0.2) is 4.99 Å². The fourth-order valence-corrected chi connectivity index (χ4v) is 4.79. The first kappa shape index (κ1) is 27.4. The fraction of sp³-hybridized carbons (Fsp3) is 0.889. The summed E-state index contributed by atoms with van der Waals surface area (Å²) in [7, 11) is 0. The number of amidine groups is 1. The topological polar surface area (TPSA) is 32.6 Å². The van der Waals surface area contributed by atoms with Gasteiger partial charge in [0.2, 0.25) is 0 Å². The Labute approximate surface area is 188 Å². The van der Waals surface area contributed by atoms with Crippen LogP contribution < -0.4 is 0 Å². The third-order valence-corrected chi connectivity index (χ3v) is 6.92. The van der Waals surface area contributed by atoms with E-state index >= 15 is 0 Å². The smallest absolute Gasteiger partial charge is 0.198 e. The van der Waals surface area contributed by atoms with E-state index in [0.717, 1.165) is 37.1 Å². The summed E-state index contributed by atoms with van der Waals surface area (Å²) in [4.78, 5) is 4.75. The molecule has 0 saturated carbocycles. The molecule has 1 aliphatic rings. The minimum absolute atomic E-state index is 0.270. The Bertz CT molecular complexity index is 446. The van der Waals surface area contributed by atoms with Gasteiger partial charge in [-0.3, -0.25) is 4.48 Å². The van der Waals surface area contributed by atoms with E-state index in [1.807, 2.05) is 0 Å². The van der Waals surface area contributed by atoms with Gasteiger partial charge in [-0.2, -0.15) is 0 Å². The lowest BCUT2D eigenvalue weighted by atomic mass is 10.0. The molecule has 0 fully saturated rings. The lowest BCUT2D eigenvalue weighted by Gasteiger charge is -2.33. The molecule has 0 radical (unpaired) electrons. The molecule has 0 aromatic heterocycles. The van der Waals surface area contributed by atoms with Gasteiger partial charge in [0.05, 0.1) is 19.7 Å². The van der Waals surface area contributed by atoms with Crippen molar-refractivity contribution in [3.05, 3.63) is 12.2 Å². The molecule has 0 amide bonds. The SMILES string of the molecule is CCCCCCCCCCCCCCC/C=C/CCCC1=NCC[N+]1(CC)CCO. The summed E-state index contributed by atoms with van der Waals surface area (Å²) in [5.41, 5.74) is 0. The van der Waals surface area contributed by atoms with Crippen LogP contribution in [0.2, 0.25) is 0 Å². The van der Waals surface area contributed by atoms with E-state index in [1.54, 1.807) is 0 Å². The van der Waals surface area contributed by atoms with Crippen LogP contribution in [-0.2, 0) is 0 Å². The predicted octanol–water partition coefficient (Wildman–Crippen LogP) is 7.44. The van der Waals surface area contributed by atoms with Crippen molar-refractivity contribution in [1.82, 2.24) is 0 Å². The van der Waals surface area contributed by atoms with E-state index in [4.69, 9.17) is 4.99 Å². The first-order valence-electron chi connectivity index (χ1n) is 13.4. The fourth-order valence-electron chi connectivity index (χ4n) is 4.79. The molecule has 0 aromatic carbocycles. The Morgan fingerprint density at radius 1 is 0.767 bits per heavy atom. The molecule has 0 aliphatic carbocycles. The molecule has 0 saturated heterocycles. The van der Waals surface area contributed by atoms with Crippen molar-refractivity contribution in [2.45, 2.75) is 123 Å². The van der Waals surface area contributed by atoms with Crippen LogP contribution >= 0.6 is 0 Å². The van der Waals surface area contributed by atoms with Gasteiger partial charge >= 0.3 is 0 Å². The molecular formula is C27H53N2O+. The van der Waals surface area contributed by atoms with Crippen LogP contribution in [0.4, 0.5) is 0 Å². The number of allylic oxidation sites excluding steroid dienone is 2. The number of unbranched alkanes of at least 4 members (excludes halogenated alkanes) is 14. The number of likely N-dealkylation sites (N-methyl/N-ethyl adjacent to an activating group) is 1. The third-order valence-electron chi connectivity index (χ3n) is 6.92. The molecule has 176 valence electrons. The zero-order valence-electron chi connectivity index (χ0n) is 20.6. The van der Waals surface area contributed by atoms with E-state index in [2.05, 4.69) is 26.0 Å². The van der Waals surface area contributed by atoms with Gasteiger partial charge in [-0.15, -0.1) is 0 Å². The zero-order chi connectivity index (χ0) is 21.8. The summed E-state index contributed by atoms with van der Waals surface area (Å²) >= 11 is 0. The highest BCUT2D eigenvalue weighted by atomic mass is 16.3. The molecule has 3 nitrogen and oxygen atoms in total. The third kappa shape index (κ3) is 12.2. The van der Waals surface area contributed by atoms with Crippen LogP contribution in [0.3, 0.4) is 0 Å². The van der Waals surface area contributed by atoms with Crippen molar-refractivity contribution in [3.8, 4) is 0 Å². The van der Waals surface area contributed by atoms with Crippen LogP contribution in [0.25, 0.3) is 0 Å². The minimum Gasteiger partial charge on any atom is -0.390 e. The second kappa shape index (κ2) is 19.0. The maximum Gasteiger partial charge on any atom is 0.198 e. The van der Waals surface area contributed by atoms with Crippen LogP contribution in [-0.4, -0.2) is 48.2 Å². The molecule has 1 unspecified atom stereocenters. The van der Waals surface area contributed by atoms with Crippen molar-refractivity contribution in [2.75, 3.05) is 32.8 Å². The molecule has 0 spiro atoms. The predicted molar refractivity (Wildman–Crippen MR) is 133 cm³/mol. The molecule has 1 rings (SSSR count). The summed E-state index contributed by atoms with van der Waals surface area (Å²) < 4.78 is 0.930. The van der Waals surface area contributed by atoms with Crippen molar-refractivity contribution >= 4 is 5.84 Å². The summed E-state index contributed by atoms with van der Waals surface area (Å²) in [6, 6.07) is 0. The number of hydrogen-bond acceptors (Lipinski definition) is 2. The van der Waals surface area contributed by atoms with Gasteiger partial charge in [0.25, 0.3) is 0 Å². The number of aliphatic hydroxyl groups is 1. The number of aliphatic hydroxyl groups excluding tert-OH is 1. The number of hydrogen-bond donors (Lipinski definition) is 1. The van der Waals surface area contributed by atoms with Gasteiger partial charge < -0.3 is 5.11 Å². The molecule has 1 atom stereocenters. The monoisotopic (exact) mass is 421 g/mol. The van der Waals surface area contributed by atoms with Crippen molar-refractivity contribution in [3.63, 3.8) is 0 Å². The largest absolute Gasteiger partial charge is 0.390 e. The molecular weight excluding hydrogens is 368 g/mol. The molecule has 1 aliphatic heterocycles. The quantitative estimate of drug-likeness (QED) is 0.117. The Kier molecular flexibility index (Phi) is 17.4. The highest BCUT2D eigenvalue weighted by Crippen LogP contribution is 2.19. The number of quaternary nitrogens is 1. The van der Waals surface area contributed by atoms with Gasteiger partial charge in [0.15, 0.2) is 5.84 Å². The number of nitrogens with zero attached hydrogens (tertiary/aromatic N) is 2. The van der Waals surface area contributed by atoms with Gasteiger partial charge in [0, 0.05) is 6.42 Å². The van der Waals surface area contributed by atoms with Crippen LogP contribution in [0.15, 0.2) is 17.1 Å². The van der Waals surface area contributed by atoms with Crippen molar-refractivity contribution < 1.29 is 9.59 Å². The lowest BCUT2D eigenvalue weighted by molar-refractivity contribution is -0.835. The maximum absolute atomic E-state index is 9.39. The standard InChI is InChI=1S/C27H53N2O/c1-3-5-6-7-8-9-10-11-12-13-14-15-16-17-18-19-20-21-22-27-28-23-24-29(27,4-2)25-26-30/h18-19,30H,3-17,20-26H2,1-2H3/q+1/b19-18+.